The van der Waals surface area contributed by atoms with Crippen molar-refractivity contribution in [2.45, 2.75) is 37.4 Å². The van der Waals surface area contributed by atoms with Crippen LogP contribution in [0.5, 0.6) is 5.75 Å². The number of phenols is 1. The topological polar surface area (TPSA) is 107 Å². The van der Waals surface area contributed by atoms with Crippen molar-refractivity contribution in [3.8, 4) is 5.75 Å². The fraction of sp³-hybridized carbons (Fsp3) is 0.286. The predicted octanol–water partition coefficient (Wildman–Crippen LogP) is 3.70. The van der Waals surface area contributed by atoms with Crippen LogP contribution in [0.2, 0.25) is 0 Å². The maximum absolute atomic E-state index is 13.4. The van der Waals surface area contributed by atoms with Gasteiger partial charge in [-0.15, -0.1) is 0 Å². The van der Waals surface area contributed by atoms with Crippen molar-refractivity contribution >= 4 is 55.4 Å². The zero-order valence-corrected chi connectivity index (χ0v) is 20.5. The molecule has 4 unspecified atom stereocenters. The lowest BCUT2D eigenvalue weighted by molar-refractivity contribution is -0.256. The summed E-state index contributed by atoms with van der Waals surface area (Å²) >= 11 is 0. The summed E-state index contributed by atoms with van der Waals surface area (Å²) in [6.07, 6.45) is -0.110. The Kier molecular flexibility index (Phi) is 3.83. The Morgan fingerprint density at radius 2 is 1.78 bits per heavy atom. The van der Waals surface area contributed by atoms with Crippen molar-refractivity contribution in [1.82, 2.24) is 19.8 Å². The van der Waals surface area contributed by atoms with Gasteiger partial charge in [0.1, 0.15) is 18.1 Å². The van der Waals surface area contributed by atoms with Crippen molar-refractivity contribution in [2.75, 3.05) is 14.2 Å². The van der Waals surface area contributed by atoms with E-state index in [2.05, 4.69) is 19.8 Å². The molecule has 2 amide bonds. The van der Waals surface area contributed by atoms with Crippen molar-refractivity contribution in [2.24, 2.45) is 0 Å². The smallest absolute Gasteiger partial charge is 0.259 e. The van der Waals surface area contributed by atoms with Crippen LogP contribution in [-0.4, -0.2) is 52.4 Å². The Labute approximate surface area is 210 Å². The van der Waals surface area contributed by atoms with Crippen molar-refractivity contribution in [1.29, 1.82) is 0 Å². The lowest BCUT2D eigenvalue weighted by atomic mass is 9.93. The third kappa shape index (κ3) is 2.27. The van der Waals surface area contributed by atoms with Gasteiger partial charge in [-0.1, -0.05) is 18.2 Å². The van der Waals surface area contributed by atoms with Gasteiger partial charge in [0, 0.05) is 41.1 Å². The van der Waals surface area contributed by atoms with Crippen LogP contribution < -0.4 is 10.6 Å². The highest BCUT2D eigenvalue weighted by Gasteiger charge is 2.53. The summed E-state index contributed by atoms with van der Waals surface area (Å²) in [5.74, 6) is -0.756. The number of rotatable bonds is 2. The van der Waals surface area contributed by atoms with Crippen LogP contribution in [0.3, 0.4) is 0 Å². The minimum atomic E-state index is -0.935. The lowest BCUT2D eigenvalue weighted by Crippen LogP contribution is -2.59. The number of nitrogens with zero attached hydrogens (tertiary/aromatic N) is 2. The largest absolute Gasteiger partial charge is 0.508 e. The first kappa shape index (κ1) is 21.2. The van der Waals surface area contributed by atoms with E-state index in [0.29, 0.717) is 28.3 Å². The van der Waals surface area contributed by atoms with Gasteiger partial charge in [-0.25, -0.2) is 0 Å². The molecule has 0 radical (unpaired) electrons. The number of para-hydroxylation sites is 1. The number of aromatic hydroxyl groups is 1. The normalized spacial score (nSPS) is 26.5. The van der Waals surface area contributed by atoms with Crippen molar-refractivity contribution in [3.05, 3.63) is 53.6 Å². The van der Waals surface area contributed by atoms with Gasteiger partial charge in [-0.05, 0) is 38.2 Å². The zero-order chi connectivity index (χ0) is 25.4. The van der Waals surface area contributed by atoms with Crippen LogP contribution in [0.25, 0.3) is 43.6 Å². The first-order valence-electron chi connectivity index (χ1n) is 12.4. The van der Waals surface area contributed by atoms with Crippen LogP contribution in [0, 0.1) is 0 Å². The molecule has 1 fully saturated rings. The number of hydrogen-bond donors (Lipinski definition) is 3. The standard InChI is InChI=1S/C28H24N4O5/c1-28-25(36-3)15(29-2)11-18(37-28)31-16-9-8-12(33)10-14(16)20-22-21(26(34)30-27(22)35)19-13-6-4-5-7-17(13)32(28)24(19)23(20)31/h4-10,15,18,25,29,33H,11H2,1-3H3,(H,30,34,35). The first-order chi connectivity index (χ1) is 17.9. The number of nitrogens with one attached hydrogen (secondary N) is 2. The number of fused-ring (bicyclic) bond motifs is 13. The molecule has 8 rings (SSSR count). The van der Waals surface area contributed by atoms with Gasteiger partial charge in [0.05, 0.1) is 33.2 Å². The Hall–Kier alpha value is -3.92. The van der Waals surface area contributed by atoms with Gasteiger partial charge in [-0.2, -0.15) is 0 Å². The molecule has 3 N–H and O–H groups in total. The van der Waals surface area contributed by atoms with E-state index in [9.17, 15) is 14.7 Å². The molecule has 5 heterocycles. The quantitative estimate of drug-likeness (QED) is 0.322. The molecule has 3 aliphatic rings. The van der Waals surface area contributed by atoms with Gasteiger partial charge in [0.2, 0.25) is 0 Å². The lowest BCUT2D eigenvalue weighted by Gasteiger charge is -2.48. The number of imide groups is 1. The van der Waals surface area contributed by atoms with Crippen molar-refractivity contribution < 1.29 is 24.2 Å². The van der Waals surface area contributed by atoms with E-state index in [0.717, 1.165) is 32.8 Å². The van der Waals surface area contributed by atoms with Gasteiger partial charge < -0.3 is 29.0 Å². The SMILES string of the molecule is CNC1CC2OC(C)(C1OC)n1c3ccccc3c3c4c(c5c6cc(O)ccc6n2c5c31)C(=O)NC4=O. The van der Waals surface area contributed by atoms with E-state index in [-0.39, 0.29) is 17.9 Å². The van der Waals surface area contributed by atoms with Crippen molar-refractivity contribution in [3.63, 3.8) is 0 Å². The molecule has 0 spiro atoms. The van der Waals surface area contributed by atoms with Crippen LogP contribution in [0.15, 0.2) is 42.5 Å². The summed E-state index contributed by atoms with van der Waals surface area (Å²) in [4.78, 5) is 26.7. The van der Waals surface area contributed by atoms with Gasteiger partial charge in [-0.3, -0.25) is 14.9 Å². The van der Waals surface area contributed by atoms with Crippen LogP contribution >= 0.6 is 0 Å². The molecule has 1 saturated heterocycles. The zero-order valence-electron chi connectivity index (χ0n) is 20.5. The second-order valence-corrected chi connectivity index (χ2v) is 10.3. The number of likely N-dealkylation sites (N-methyl/N-ethyl adjacent to an activating group) is 1. The van der Waals surface area contributed by atoms with Gasteiger partial charge in [0.25, 0.3) is 11.8 Å². The molecule has 4 atom stereocenters. The first-order valence-corrected chi connectivity index (χ1v) is 12.4. The Morgan fingerprint density at radius 3 is 2.51 bits per heavy atom. The summed E-state index contributed by atoms with van der Waals surface area (Å²) in [5, 5.41) is 19.4. The Bertz CT molecular complexity index is 1880. The predicted molar refractivity (Wildman–Crippen MR) is 138 cm³/mol. The van der Waals surface area contributed by atoms with Crippen LogP contribution in [0.1, 0.15) is 40.3 Å². The molecule has 0 aliphatic carbocycles. The minimum Gasteiger partial charge on any atom is -0.508 e. The molecule has 2 bridgehead atoms. The number of phenolic OH excluding ortho intramolecular Hbond substituents is 1. The summed E-state index contributed by atoms with van der Waals surface area (Å²) in [7, 11) is 3.62. The number of hydrogen-bond acceptors (Lipinski definition) is 6. The molecule has 3 aromatic carbocycles. The van der Waals surface area contributed by atoms with Gasteiger partial charge in [0.15, 0.2) is 5.72 Å². The number of amides is 2. The number of methoxy groups -OCH3 is 1. The summed E-state index contributed by atoms with van der Waals surface area (Å²) < 4.78 is 17.4. The molecule has 2 aromatic heterocycles. The van der Waals surface area contributed by atoms with E-state index in [1.54, 1.807) is 19.2 Å². The summed E-state index contributed by atoms with van der Waals surface area (Å²) in [5.41, 5.74) is 3.13. The Morgan fingerprint density at radius 1 is 1.05 bits per heavy atom. The third-order valence-electron chi connectivity index (χ3n) is 8.60. The molecule has 37 heavy (non-hydrogen) atoms. The number of ether oxygens (including phenoxy) is 2. The van der Waals surface area contributed by atoms with Crippen LogP contribution in [0.4, 0.5) is 0 Å². The highest BCUT2D eigenvalue weighted by Crippen LogP contribution is 2.53. The van der Waals surface area contributed by atoms with E-state index in [1.165, 1.54) is 0 Å². The summed E-state index contributed by atoms with van der Waals surface area (Å²) in [6.45, 7) is 2.04. The average molecular weight is 497 g/mol. The molecular formula is C28H24N4O5. The average Bonchev–Trinajstić information content (AvgIpc) is 3.48. The molecule has 3 aliphatic heterocycles. The molecule has 9 nitrogen and oxygen atoms in total. The van der Waals surface area contributed by atoms with E-state index in [1.807, 2.05) is 44.3 Å². The molecule has 0 saturated carbocycles. The van der Waals surface area contributed by atoms with E-state index in [4.69, 9.17) is 9.47 Å². The maximum Gasteiger partial charge on any atom is 0.259 e. The maximum atomic E-state index is 13.4. The Balaban J connectivity index is 1.74. The van der Waals surface area contributed by atoms with E-state index < -0.39 is 23.8 Å². The number of benzene rings is 3. The molecule has 5 aromatic rings. The second-order valence-electron chi connectivity index (χ2n) is 10.3. The highest BCUT2D eigenvalue weighted by molar-refractivity contribution is 6.39. The van der Waals surface area contributed by atoms with Gasteiger partial charge >= 0.3 is 0 Å². The fourth-order valence-corrected chi connectivity index (χ4v) is 7.29. The van der Waals surface area contributed by atoms with E-state index >= 15 is 0 Å². The second kappa shape index (κ2) is 6.69. The number of carbonyl (C=O) groups is 2. The minimum absolute atomic E-state index is 0.0410. The third-order valence-corrected chi connectivity index (χ3v) is 8.60. The monoisotopic (exact) mass is 496 g/mol. The highest BCUT2D eigenvalue weighted by atomic mass is 16.6. The van der Waals surface area contributed by atoms with Crippen LogP contribution in [-0.2, 0) is 15.2 Å². The molecule has 9 heteroatoms. The number of aromatic nitrogens is 2. The molecule has 186 valence electrons. The number of carbonyl (C=O) groups excluding carboxylic acids is 2. The molecular weight excluding hydrogens is 472 g/mol. The summed E-state index contributed by atoms with van der Waals surface area (Å²) in [6, 6.07) is 13.0. The fourth-order valence-electron chi connectivity index (χ4n) is 7.29.